The van der Waals surface area contributed by atoms with Gasteiger partial charge in [0.1, 0.15) is 5.75 Å². The molecule has 0 fully saturated rings. The highest BCUT2D eigenvalue weighted by Gasteiger charge is 2.23. The van der Waals surface area contributed by atoms with E-state index >= 15 is 0 Å². The van der Waals surface area contributed by atoms with Crippen LogP contribution in [0.15, 0.2) is 30.5 Å². The minimum absolute atomic E-state index is 0.0314. The first-order chi connectivity index (χ1) is 10.2. The highest BCUT2D eigenvalue weighted by Crippen LogP contribution is 2.33. The third kappa shape index (κ3) is 3.39. The average Bonchev–Trinajstić information content (AvgIpc) is 2.89. The van der Waals surface area contributed by atoms with E-state index in [1.165, 1.54) is 0 Å². The monoisotopic (exact) mass is 307 g/mol. The van der Waals surface area contributed by atoms with E-state index in [9.17, 15) is 0 Å². The number of halogens is 1. The van der Waals surface area contributed by atoms with E-state index in [4.69, 9.17) is 16.3 Å². The van der Waals surface area contributed by atoms with Crippen LogP contribution in [0.2, 0.25) is 5.02 Å². The number of rotatable bonds is 7. The van der Waals surface area contributed by atoms with Gasteiger partial charge in [0.25, 0.3) is 0 Å². The lowest BCUT2D eigenvalue weighted by Gasteiger charge is -2.22. The van der Waals surface area contributed by atoms with E-state index in [0.717, 1.165) is 36.5 Å². The predicted octanol–water partition coefficient (Wildman–Crippen LogP) is 3.65. The molecule has 1 aromatic carbocycles. The Kier molecular flexibility index (Phi) is 5.65. The van der Waals surface area contributed by atoms with Crippen LogP contribution in [-0.2, 0) is 6.54 Å². The van der Waals surface area contributed by atoms with E-state index in [0.29, 0.717) is 5.02 Å². The second kappa shape index (κ2) is 7.48. The topological polar surface area (TPSA) is 39.1 Å². The van der Waals surface area contributed by atoms with Gasteiger partial charge in [-0.1, -0.05) is 36.7 Å². The van der Waals surface area contributed by atoms with Crippen molar-refractivity contribution in [3.63, 3.8) is 0 Å². The average molecular weight is 308 g/mol. The largest absolute Gasteiger partial charge is 0.496 e. The molecule has 1 N–H and O–H groups in total. The van der Waals surface area contributed by atoms with Crippen LogP contribution >= 0.6 is 11.6 Å². The van der Waals surface area contributed by atoms with E-state index in [-0.39, 0.29) is 6.04 Å². The van der Waals surface area contributed by atoms with Gasteiger partial charge in [0.15, 0.2) is 0 Å². The maximum Gasteiger partial charge on any atom is 0.124 e. The second-order valence-corrected chi connectivity index (χ2v) is 5.23. The number of aromatic nitrogens is 2. The standard InChI is InChI=1S/C16H22ClN3O/c1-4-10-18-15(12-8-6-7-9-14(12)21-3)16-13(17)11-19-20(16)5-2/h6-9,11,15,18H,4-5,10H2,1-3H3. The lowest BCUT2D eigenvalue weighted by atomic mass is 10.0. The van der Waals surface area contributed by atoms with Gasteiger partial charge >= 0.3 is 0 Å². The maximum absolute atomic E-state index is 6.38. The fourth-order valence-corrected chi connectivity index (χ4v) is 2.71. The van der Waals surface area contributed by atoms with Crippen molar-refractivity contribution in [3.8, 4) is 5.75 Å². The molecule has 0 aliphatic carbocycles. The number of nitrogens with zero attached hydrogens (tertiary/aromatic N) is 2. The molecule has 0 bridgehead atoms. The van der Waals surface area contributed by atoms with Crippen LogP contribution in [0.25, 0.3) is 0 Å². The summed E-state index contributed by atoms with van der Waals surface area (Å²) in [5.41, 5.74) is 2.06. The number of para-hydroxylation sites is 1. The van der Waals surface area contributed by atoms with Crippen LogP contribution in [0.1, 0.15) is 37.6 Å². The van der Waals surface area contributed by atoms with Crippen molar-refractivity contribution in [2.24, 2.45) is 0 Å². The van der Waals surface area contributed by atoms with Crippen molar-refractivity contribution < 1.29 is 4.74 Å². The molecule has 2 aromatic rings. The van der Waals surface area contributed by atoms with Crippen molar-refractivity contribution >= 4 is 11.6 Å². The van der Waals surface area contributed by atoms with E-state index in [1.54, 1.807) is 13.3 Å². The molecule has 4 nitrogen and oxygen atoms in total. The van der Waals surface area contributed by atoms with Gasteiger partial charge in [-0.3, -0.25) is 4.68 Å². The Labute approximate surface area is 131 Å². The first kappa shape index (κ1) is 15.9. The Morgan fingerprint density at radius 3 is 2.76 bits per heavy atom. The summed E-state index contributed by atoms with van der Waals surface area (Å²) >= 11 is 6.38. The second-order valence-electron chi connectivity index (χ2n) is 4.82. The minimum Gasteiger partial charge on any atom is -0.496 e. The van der Waals surface area contributed by atoms with Crippen molar-refractivity contribution in [1.29, 1.82) is 0 Å². The Morgan fingerprint density at radius 1 is 1.33 bits per heavy atom. The predicted molar refractivity (Wildman–Crippen MR) is 86.0 cm³/mol. The molecule has 2 rings (SSSR count). The zero-order chi connectivity index (χ0) is 15.2. The van der Waals surface area contributed by atoms with Gasteiger partial charge < -0.3 is 10.1 Å². The third-order valence-electron chi connectivity index (χ3n) is 3.45. The molecule has 5 heteroatoms. The number of ether oxygens (including phenoxy) is 1. The van der Waals surface area contributed by atoms with Crippen LogP contribution < -0.4 is 10.1 Å². The summed E-state index contributed by atoms with van der Waals surface area (Å²) in [5, 5.41) is 8.58. The number of hydrogen-bond donors (Lipinski definition) is 1. The normalized spacial score (nSPS) is 12.4. The fourth-order valence-electron chi connectivity index (χ4n) is 2.46. The number of hydrogen-bond acceptors (Lipinski definition) is 3. The van der Waals surface area contributed by atoms with Crippen LogP contribution in [0, 0.1) is 0 Å². The first-order valence-corrected chi connectivity index (χ1v) is 7.68. The summed E-state index contributed by atoms with van der Waals surface area (Å²) < 4.78 is 7.44. The summed E-state index contributed by atoms with van der Waals surface area (Å²) in [5.74, 6) is 0.853. The van der Waals surface area contributed by atoms with E-state index in [1.807, 2.05) is 22.9 Å². The van der Waals surface area contributed by atoms with Gasteiger partial charge in [0.2, 0.25) is 0 Å². The van der Waals surface area contributed by atoms with Gasteiger partial charge in [-0.25, -0.2) is 0 Å². The van der Waals surface area contributed by atoms with E-state index < -0.39 is 0 Å². The quantitative estimate of drug-likeness (QED) is 0.848. The first-order valence-electron chi connectivity index (χ1n) is 7.30. The Morgan fingerprint density at radius 2 is 2.10 bits per heavy atom. The number of benzene rings is 1. The zero-order valence-corrected chi connectivity index (χ0v) is 13.5. The molecule has 1 heterocycles. The zero-order valence-electron chi connectivity index (χ0n) is 12.8. The number of methoxy groups -OCH3 is 1. The Bertz CT molecular complexity index is 583. The number of nitrogens with one attached hydrogen (secondary N) is 1. The summed E-state index contributed by atoms with van der Waals surface area (Å²) in [4.78, 5) is 0. The highest BCUT2D eigenvalue weighted by atomic mass is 35.5. The van der Waals surface area contributed by atoms with Crippen LogP contribution in [0.4, 0.5) is 0 Å². The minimum atomic E-state index is -0.0314. The molecule has 0 aliphatic rings. The van der Waals surface area contributed by atoms with Crippen molar-refractivity contribution in [2.75, 3.05) is 13.7 Å². The molecule has 114 valence electrons. The molecule has 1 aromatic heterocycles. The maximum atomic E-state index is 6.38. The van der Waals surface area contributed by atoms with Crippen LogP contribution in [-0.4, -0.2) is 23.4 Å². The molecule has 0 radical (unpaired) electrons. The molecule has 0 aliphatic heterocycles. The molecule has 0 saturated carbocycles. The molecular formula is C16H22ClN3O. The molecule has 21 heavy (non-hydrogen) atoms. The molecule has 0 amide bonds. The molecule has 1 atom stereocenters. The van der Waals surface area contributed by atoms with Crippen molar-refractivity contribution in [2.45, 2.75) is 32.9 Å². The smallest absolute Gasteiger partial charge is 0.124 e. The van der Waals surface area contributed by atoms with Gasteiger partial charge in [0.05, 0.1) is 30.1 Å². The van der Waals surface area contributed by atoms with Gasteiger partial charge in [-0.05, 0) is 26.0 Å². The number of aryl methyl sites for hydroxylation is 1. The molecular weight excluding hydrogens is 286 g/mol. The van der Waals surface area contributed by atoms with Crippen molar-refractivity contribution in [3.05, 3.63) is 46.7 Å². The van der Waals surface area contributed by atoms with Crippen LogP contribution in [0.5, 0.6) is 5.75 Å². The van der Waals surface area contributed by atoms with Crippen LogP contribution in [0.3, 0.4) is 0 Å². The molecule has 0 saturated heterocycles. The summed E-state index contributed by atoms with van der Waals surface area (Å²) in [7, 11) is 1.69. The summed E-state index contributed by atoms with van der Waals surface area (Å²) in [6.45, 7) is 5.88. The van der Waals surface area contributed by atoms with E-state index in [2.05, 4.69) is 30.3 Å². The lowest BCUT2D eigenvalue weighted by molar-refractivity contribution is 0.401. The Hall–Kier alpha value is -1.52. The third-order valence-corrected chi connectivity index (χ3v) is 3.75. The molecule has 0 spiro atoms. The summed E-state index contributed by atoms with van der Waals surface area (Å²) in [6.07, 6.45) is 2.75. The van der Waals surface area contributed by atoms with Crippen molar-refractivity contribution in [1.82, 2.24) is 15.1 Å². The molecule has 1 unspecified atom stereocenters. The van der Waals surface area contributed by atoms with Gasteiger partial charge in [0, 0.05) is 12.1 Å². The summed E-state index contributed by atoms with van der Waals surface area (Å²) in [6, 6.07) is 7.99. The lowest BCUT2D eigenvalue weighted by Crippen LogP contribution is -2.26. The Balaban J connectivity index is 2.50. The highest BCUT2D eigenvalue weighted by molar-refractivity contribution is 6.31. The van der Waals surface area contributed by atoms with Gasteiger partial charge in [-0.15, -0.1) is 0 Å². The van der Waals surface area contributed by atoms with Gasteiger partial charge in [-0.2, -0.15) is 5.10 Å². The fraction of sp³-hybridized carbons (Fsp3) is 0.438. The SMILES string of the molecule is CCCNC(c1ccccc1OC)c1c(Cl)cnn1CC.